The monoisotopic (exact) mass is 241 g/mol. The molecule has 68 valence electrons. The number of aromatic nitrogens is 2. The number of rotatable bonds is 2. The molecular formula is C8H8BrN3O. The van der Waals surface area contributed by atoms with Crippen LogP contribution in [0.4, 0.5) is 5.95 Å². The van der Waals surface area contributed by atoms with Crippen LogP contribution in [-0.4, -0.2) is 15.9 Å². The lowest BCUT2D eigenvalue weighted by molar-refractivity contribution is -0.117. The maximum absolute atomic E-state index is 11.3. The maximum Gasteiger partial charge on any atom is 0.229 e. The molecule has 1 aromatic heterocycles. The topological polar surface area (TPSA) is 54.9 Å². The van der Waals surface area contributed by atoms with Crippen molar-refractivity contribution in [3.63, 3.8) is 0 Å². The van der Waals surface area contributed by atoms with Crippen LogP contribution in [0.5, 0.6) is 0 Å². The Kier molecular flexibility index (Phi) is 2.26. The van der Waals surface area contributed by atoms with E-state index in [2.05, 4.69) is 31.2 Å². The zero-order chi connectivity index (χ0) is 9.26. The van der Waals surface area contributed by atoms with E-state index in [1.807, 2.05) is 0 Å². The molecule has 0 radical (unpaired) electrons. The van der Waals surface area contributed by atoms with Gasteiger partial charge in [0.25, 0.3) is 0 Å². The number of anilines is 1. The molecule has 1 fully saturated rings. The van der Waals surface area contributed by atoms with E-state index < -0.39 is 0 Å². The van der Waals surface area contributed by atoms with Crippen molar-refractivity contribution in [2.75, 3.05) is 5.32 Å². The third kappa shape index (κ3) is 2.24. The lowest BCUT2D eigenvalue weighted by Gasteiger charge is -2.00. The van der Waals surface area contributed by atoms with Gasteiger partial charge in [0.1, 0.15) is 0 Å². The molecule has 0 atom stereocenters. The second-order valence-corrected chi connectivity index (χ2v) is 3.90. The summed E-state index contributed by atoms with van der Waals surface area (Å²) in [7, 11) is 0. The highest BCUT2D eigenvalue weighted by atomic mass is 79.9. The molecule has 1 aliphatic rings. The fraction of sp³-hybridized carbons (Fsp3) is 0.375. The fourth-order valence-electron chi connectivity index (χ4n) is 0.935. The average molecular weight is 242 g/mol. The first-order valence-corrected chi connectivity index (χ1v) is 4.83. The number of amides is 1. The second kappa shape index (κ2) is 3.41. The van der Waals surface area contributed by atoms with Gasteiger partial charge in [0.15, 0.2) is 0 Å². The van der Waals surface area contributed by atoms with Gasteiger partial charge < -0.3 is 0 Å². The van der Waals surface area contributed by atoms with Gasteiger partial charge in [-0.25, -0.2) is 9.97 Å². The largest absolute Gasteiger partial charge is 0.294 e. The van der Waals surface area contributed by atoms with Crippen LogP contribution in [-0.2, 0) is 4.79 Å². The summed E-state index contributed by atoms with van der Waals surface area (Å²) in [6.07, 6.45) is 5.19. The molecule has 1 amide bonds. The SMILES string of the molecule is O=C(Nc1ncc(Br)cn1)C1CC1. The van der Waals surface area contributed by atoms with Gasteiger partial charge in [0, 0.05) is 18.3 Å². The molecule has 1 saturated carbocycles. The molecule has 0 aliphatic heterocycles. The number of hydrogen-bond acceptors (Lipinski definition) is 3. The Morgan fingerprint density at radius 3 is 2.62 bits per heavy atom. The quantitative estimate of drug-likeness (QED) is 0.856. The van der Waals surface area contributed by atoms with E-state index in [1.54, 1.807) is 12.4 Å². The Morgan fingerprint density at radius 1 is 1.46 bits per heavy atom. The third-order valence-electron chi connectivity index (χ3n) is 1.80. The predicted octanol–water partition coefficient (Wildman–Crippen LogP) is 1.59. The van der Waals surface area contributed by atoms with E-state index in [4.69, 9.17) is 0 Å². The lowest BCUT2D eigenvalue weighted by Crippen LogP contribution is -2.15. The summed E-state index contributed by atoms with van der Waals surface area (Å²) in [6.45, 7) is 0. The molecule has 5 heteroatoms. The molecule has 0 bridgehead atoms. The number of carbonyl (C=O) groups excluding carboxylic acids is 1. The second-order valence-electron chi connectivity index (χ2n) is 2.99. The van der Waals surface area contributed by atoms with Crippen LogP contribution in [0.25, 0.3) is 0 Å². The molecule has 0 saturated heterocycles. The molecule has 1 aliphatic carbocycles. The molecule has 1 N–H and O–H groups in total. The third-order valence-corrected chi connectivity index (χ3v) is 2.21. The van der Waals surface area contributed by atoms with E-state index in [-0.39, 0.29) is 11.8 Å². The summed E-state index contributed by atoms with van der Waals surface area (Å²) in [6, 6.07) is 0. The van der Waals surface area contributed by atoms with Crippen LogP contribution in [0.15, 0.2) is 16.9 Å². The van der Waals surface area contributed by atoms with Crippen molar-refractivity contribution >= 4 is 27.8 Å². The predicted molar refractivity (Wildman–Crippen MR) is 51.1 cm³/mol. The minimum Gasteiger partial charge on any atom is -0.294 e. The van der Waals surface area contributed by atoms with Gasteiger partial charge in [0.05, 0.1) is 4.47 Å². The fourth-order valence-corrected chi connectivity index (χ4v) is 1.14. The Morgan fingerprint density at radius 2 is 2.08 bits per heavy atom. The first-order chi connectivity index (χ1) is 6.25. The number of nitrogens with zero attached hydrogens (tertiary/aromatic N) is 2. The maximum atomic E-state index is 11.3. The number of carbonyl (C=O) groups is 1. The molecule has 4 nitrogen and oxygen atoms in total. The summed E-state index contributed by atoms with van der Waals surface area (Å²) >= 11 is 3.22. The van der Waals surface area contributed by atoms with Crippen LogP contribution in [0, 0.1) is 5.92 Å². The van der Waals surface area contributed by atoms with E-state index in [0.29, 0.717) is 5.95 Å². The van der Waals surface area contributed by atoms with Gasteiger partial charge in [-0.2, -0.15) is 0 Å². The summed E-state index contributed by atoms with van der Waals surface area (Å²) in [5, 5.41) is 2.65. The summed E-state index contributed by atoms with van der Waals surface area (Å²) in [5.41, 5.74) is 0. The first kappa shape index (κ1) is 8.62. The zero-order valence-electron chi connectivity index (χ0n) is 6.83. The van der Waals surface area contributed by atoms with Crippen molar-refractivity contribution in [1.29, 1.82) is 0 Å². The minimum absolute atomic E-state index is 0.0299. The van der Waals surface area contributed by atoms with Gasteiger partial charge in [-0.3, -0.25) is 10.1 Å². The van der Waals surface area contributed by atoms with Crippen LogP contribution in [0.1, 0.15) is 12.8 Å². The van der Waals surface area contributed by atoms with Gasteiger partial charge >= 0.3 is 0 Å². The normalized spacial score (nSPS) is 15.5. The van der Waals surface area contributed by atoms with Crippen molar-refractivity contribution < 1.29 is 4.79 Å². The molecule has 2 rings (SSSR count). The van der Waals surface area contributed by atoms with Crippen LogP contribution in [0.3, 0.4) is 0 Å². The lowest BCUT2D eigenvalue weighted by atomic mass is 10.4. The number of halogens is 1. The molecule has 0 spiro atoms. The van der Waals surface area contributed by atoms with Crippen LogP contribution in [0.2, 0.25) is 0 Å². The molecule has 13 heavy (non-hydrogen) atoms. The number of hydrogen-bond donors (Lipinski definition) is 1. The van der Waals surface area contributed by atoms with E-state index in [0.717, 1.165) is 17.3 Å². The average Bonchev–Trinajstić information content (AvgIpc) is 2.91. The van der Waals surface area contributed by atoms with Gasteiger partial charge in [-0.1, -0.05) is 0 Å². The van der Waals surface area contributed by atoms with Crippen LogP contribution < -0.4 is 5.32 Å². The summed E-state index contributed by atoms with van der Waals surface area (Å²) in [5.74, 6) is 0.592. The van der Waals surface area contributed by atoms with Crippen molar-refractivity contribution in [3.05, 3.63) is 16.9 Å². The van der Waals surface area contributed by atoms with Gasteiger partial charge in [-0.15, -0.1) is 0 Å². The zero-order valence-corrected chi connectivity index (χ0v) is 8.41. The molecule has 1 aromatic rings. The van der Waals surface area contributed by atoms with E-state index >= 15 is 0 Å². The van der Waals surface area contributed by atoms with Crippen molar-refractivity contribution in [1.82, 2.24) is 9.97 Å². The summed E-state index contributed by atoms with van der Waals surface area (Å²) in [4.78, 5) is 19.1. The molecule has 0 aromatic carbocycles. The van der Waals surface area contributed by atoms with Crippen molar-refractivity contribution in [2.24, 2.45) is 5.92 Å². The first-order valence-electron chi connectivity index (χ1n) is 4.04. The number of nitrogens with one attached hydrogen (secondary N) is 1. The Bertz CT molecular complexity index is 321. The highest BCUT2D eigenvalue weighted by Gasteiger charge is 2.29. The van der Waals surface area contributed by atoms with E-state index in [1.165, 1.54) is 0 Å². The van der Waals surface area contributed by atoms with E-state index in [9.17, 15) is 4.79 Å². The van der Waals surface area contributed by atoms with Crippen LogP contribution >= 0.6 is 15.9 Å². The standard InChI is InChI=1S/C8H8BrN3O/c9-6-3-10-8(11-4-6)12-7(13)5-1-2-5/h3-5H,1-2H2,(H,10,11,12,13). The minimum atomic E-state index is 0.0299. The molecule has 0 unspecified atom stereocenters. The highest BCUT2D eigenvalue weighted by Crippen LogP contribution is 2.29. The van der Waals surface area contributed by atoms with Gasteiger partial charge in [-0.05, 0) is 28.8 Å². The Hall–Kier alpha value is -0.970. The Labute approximate surface area is 83.9 Å². The highest BCUT2D eigenvalue weighted by molar-refractivity contribution is 9.10. The molecule has 1 heterocycles. The van der Waals surface area contributed by atoms with Crippen molar-refractivity contribution in [3.8, 4) is 0 Å². The smallest absolute Gasteiger partial charge is 0.229 e. The Balaban J connectivity index is 2.00. The van der Waals surface area contributed by atoms with Crippen molar-refractivity contribution in [2.45, 2.75) is 12.8 Å². The summed E-state index contributed by atoms with van der Waals surface area (Å²) < 4.78 is 0.803. The molecular weight excluding hydrogens is 234 g/mol. The van der Waals surface area contributed by atoms with Gasteiger partial charge in [0.2, 0.25) is 11.9 Å².